The van der Waals surface area contributed by atoms with Crippen LogP contribution in [0, 0.1) is 5.92 Å². The highest BCUT2D eigenvalue weighted by molar-refractivity contribution is 4.87. The molecule has 0 unspecified atom stereocenters. The average Bonchev–Trinajstić information content (AvgIpc) is 2.87. The molecule has 0 heterocycles. The fourth-order valence-electron chi connectivity index (χ4n) is 5.62. The minimum Gasteiger partial charge on any atom is -0.0654 e. The molecule has 0 heteroatoms. The molecule has 35 heavy (non-hydrogen) atoms. The van der Waals surface area contributed by atoms with Crippen LogP contribution in [0.2, 0.25) is 0 Å². The van der Waals surface area contributed by atoms with Crippen molar-refractivity contribution in [1.29, 1.82) is 0 Å². The predicted octanol–water partition coefficient (Wildman–Crippen LogP) is 13.7. The van der Waals surface area contributed by atoms with Crippen LogP contribution in [0.5, 0.6) is 0 Å². The first-order valence-electron chi connectivity index (χ1n) is 17.2. The van der Waals surface area contributed by atoms with Crippen LogP contribution in [-0.4, -0.2) is 0 Å². The van der Waals surface area contributed by atoms with Gasteiger partial charge in [-0.3, -0.25) is 0 Å². The van der Waals surface area contributed by atoms with Crippen molar-refractivity contribution in [1.82, 2.24) is 0 Å². The van der Waals surface area contributed by atoms with Crippen LogP contribution in [0.4, 0.5) is 0 Å². The van der Waals surface area contributed by atoms with Gasteiger partial charge in [0.15, 0.2) is 0 Å². The third kappa shape index (κ3) is 30.1. The van der Waals surface area contributed by atoms with Gasteiger partial charge in [-0.05, 0) is 25.2 Å². The molecule has 0 aliphatic heterocycles. The standard InChI is InChI=1S/C35H71/c1-4-7-9-11-13-15-17-19-21-23-25-27-29-31-33-35(6-3)34-32-30-28-26-24-22-20-18-16-14-12-10-8-5-2/h4-34H2,1-3H3. The predicted molar refractivity (Wildman–Crippen MR) is 163 cm³/mol. The normalized spacial score (nSPS) is 11.7. The van der Waals surface area contributed by atoms with Gasteiger partial charge >= 0.3 is 0 Å². The molecule has 0 nitrogen and oxygen atoms in total. The van der Waals surface area contributed by atoms with Crippen LogP contribution in [0.15, 0.2) is 0 Å². The Morgan fingerprint density at radius 3 is 0.657 bits per heavy atom. The zero-order valence-electron chi connectivity index (χ0n) is 25.4. The van der Waals surface area contributed by atoms with Gasteiger partial charge in [0.05, 0.1) is 0 Å². The molecular formula is C35H71. The van der Waals surface area contributed by atoms with Crippen LogP contribution in [0.3, 0.4) is 0 Å². The fourth-order valence-corrected chi connectivity index (χ4v) is 5.62. The lowest BCUT2D eigenvalue weighted by Gasteiger charge is -2.14. The second-order valence-corrected chi connectivity index (χ2v) is 11.8. The Morgan fingerprint density at radius 1 is 0.257 bits per heavy atom. The summed E-state index contributed by atoms with van der Waals surface area (Å²) >= 11 is 0. The molecule has 0 amide bonds. The van der Waals surface area contributed by atoms with E-state index in [2.05, 4.69) is 20.8 Å². The summed E-state index contributed by atoms with van der Waals surface area (Å²) < 4.78 is 0. The number of hydrogen-bond donors (Lipinski definition) is 0. The van der Waals surface area contributed by atoms with E-state index in [1.165, 1.54) is 199 Å². The molecule has 0 rings (SSSR count). The summed E-state index contributed by atoms with van der Waals surface area (Å²) in [6.45, 7) is 7.01. The first-order valence-corrected chi connectivity index (χ1v) is 17.2. The minimum atomic E-state index is 1.33. The van der Waals surface area contributed by atoms with Crippen LogP contribution < -0.4 is 0 Å². The van der Waals surface area contributed by atoms with Gasteiger partial charge in [-0.2, -0.15) is 0 Å². The summed E-state index contributed by atoms with van der Waals surface area (Å²) in [5, 5.41) is 0. The van der Waals surface area contributed by atoms with Crippen LogP contribution >= 0.6 is 0 Å². The van der Waals surface area contributed by atoms with E-state index in [1.807, 2.05) is 5.92 Å². The maximum absolute atomic E-state index is 2.39. The Hall–Kier alpha value is 0. The van der Waals surface area contributed by atoms with Crippen molar-refractivity contribution in [3.8, 4) is 0 Å². The van der Waals surface area contributed by atoms with Gasteiger partial charge in [0.1, 0.15) is 0 Å². The monoisotopic (exact) mass is 492 g/mol. The quantitative estimate of drug-likeness (QED) is 0.0845. The number of hydrogen-bond acceptors (Lipinski definition) is 0. The van der Waals surface area contributed by atoms with E-state index in [9.17, 15) is 0 Å². The number of unbranched alkanes of at least 4 members (excludes halogenated alkanes) is 26. The van der Waals surface area contributed by atoms with Crippen molar-refractivity contribution < 1.29 is 0 Å². The van der Waals surface area contributed by atoms with E-state index in [-0.39, 0.29) is 0 Å². The Balaban J connectivity index is 3.25. The lowest BCUT2D eigenvalue weighted by Crippen LogP contribution is -1.97. The Labute approximate surface area is 225 Å². The summed E-state index contributed by atoms with van der Waals surface area (Å²) in [5.41, 5.74) is 0. The minimum absolute atomic E-state index is 1.33. The van der Waals surface area contributed by atoms with Crippen LogP contribution in [-0.2, 0) is 0 Å². The van der Waals surface area contributed by atoms with Crippen LogP contribution in [0.25, 0.3) is 0 Å². The van der Waals surface area contributed by atoms with Crippen molar-refractivity contribution in [3.05, 3.63) is 5.92 Å². The van der Waals surface area contributed by atoms with Crippen molar-refractivity contribution in [2.75, 3.05) is 0 Å². The fraction of sp³-hybridized carbons (Fsp3) is 0.971. The highest BCUT2D eigenvalue weighted by Crippen LogP contribution is 2.24. The maximum atomic E-state index is 2.39. The van der Waals surface area contributed by atoms with Crippen LogP contribution in [0.1, 0.15) is 220 Å². The molecule has 0 aromatic carbocycles. The Bertz CT molecular complexity index is 314. The Kier molecular flexibility index (Phi) is 32.0. The summed E-state index contributed by atoms with van der Waals surface area (Å²) in [6, 6.07) is 0. The molecule has 0 aromatic rings. The van der Waals surface area contributed by atoms with E-state index >= 15 is 0 Å². The van der Waals surface area contributed by atoms with Crippen molar-refractivity contribution in [3.63, 3.8) is 0 Å². The highest BCUT2D eigenvalue weighted by Gasteiger charge is 2.06. The average molecular weight is 492 g/mol. The molecule has 211 valence electrons. The lowest BCUT2D eigenvalue weighted by atomic mass is 9.92. The molecule has 0 bridgehead atoms. The second kappa shape index (κ2) is 32.0. The van der Waals surface area contributed by atoms with E-state index < -0.39 is 0 Å². The molecule has 0 saturated carbocycles. The smallest absolute Gasteiger partial charge is 0.0244 e. The zero-order valence-corrected chi connectivity index (χ0v) is 25.4. The third-order valence-corrected chi connectivity index (χ3v) is 8.27. The van der Waals surface area contributed by atoms with Gasteiger partial charge in [-0.25, -0.2) is 0 Å². The van der Waals surface area contributed by atoms with Crippen molar-refractivity contribution in [2.45, 2.75) is 220 Å². The zero-order chi connectivity index (χ0) is 25.5. The molecule has 0 atom stereocenters. The second-order valence-electron chi connectivity index (χ2n) is 11.8. The SMILES string of the molecule is CCCCCCCCCCCCCCCC[C](CC)CCCCCCCCCCCCCCCC. The molecule has 0 aliphatic carbocycles. The molecule has 0 spiro atoms. The van der Waals surface area contributed by atoms with Gasteiger partial charge in [0.2, 0.25) is 0 Å². The van der Waals surface area contributed by atoms with E-state index in [0.717, 1.165) is 0 Å². The molecule has 0 aliphatic rings. The van der Waals surface area contributed by atoms with Gasteiger partial charge in [-0.1, -0.05) is 201 Å². The summed E-state index contributed by atoms with van der Waals surface area (Å²) in [4.78, 5) is 0. The molecule has 0 N–H and O–H groups in total. The van der Waals surface area contributed by atoms with E-state index in [1.54, 1.807) is 0 Å². The molecule has 0 saturated heterocycles. The first kappa shape index (κ1) is 35.0. The summed E-state index contributed by atoms with van der Waals surface area (Å²) in [6.07, 6.45) is 45.3. The molecule has 1 radical (unpaired) electrons. The third-order valence-electron chi connectivity index (χ3n) is 8.27. The summed E-state index contributed by atoms with van der Waals surface area (Å²) in [7, 11) is 0. The lowest BCUT2D eigenvalue weighted by molar-refractivity contribution is 0.516. The molecule has 0 aromatic heterocycles. The summed E-state index contributed by atoms with van der Waals surface area (Å²) in [5.74, 6) is 1.86. The molecule has 0 fully saturated rings. The number of rotatable bonds is 31. The first-order chi connectivity index (χ1) is 17.3. The Morgan fingerprint density at radius 2 is 0.457 bits per heavy atom. The van der Waals surface area contributed by atoms with Gasteiger partial charge in [0.25, 0.3) is 0 Å². The van der Waals surface area contributed by atoms with Crippen molar-refractivity contribution in [2.24, 2.45) is 0 Å². The largest absolute Gasteiger partial charge is 0.0654 e. The molecular weight excluding hydrogens is 420 g/mol. The topological polar surface area (TPSA) is 0 Å². The van der Waals surface area contributed by atoms with Gasteiger partial charge in [0, 0.05) is 0 Å². The van der Waals surface area contributed by atoms with E-state index in [4.69, 9.17) is 0 Å². The maximum Gasteiger partial charge on any atom is -0.0244 e. The van der Waals surface area contributed by atoms with Crippen molar-refractivity contribution >= 4 is 0 Å². The van der Waals surface area contributed by atoms with Gasteiger partial charge in [-0.15, -0.1) is 0 Å². The highest BCUT2D eigenvalue weighted by atomic mass is 14.1. The van der Waals surface area contributed by atoms with Gasteiger partial charge < -0.3 is 0 Å². The van der Waals surface area contributed by atoms with E-state index in [0.29, 0.717) is 0 Å².